The SMILES string of the molecule is CCNC(=NCc1cccc(Cl)c1)NCc1cccnc1N(C)C.I. The number of pyridine rings is 1. The molecule has 1 aromatic carbocycles. The summed E-state index contributed by atoms with van der Waals surface area (Å²) in [6, 6.07) is 11.8. The summed E-state index contributed by atoms with van der Waals surface area (Å²) >= 11 is 6.02. The summed E-state index contributed by atoms with van der Waals surface area (Å²) in [6.07, 6.45) is 1.80. The topological polar surface area (TPSA) is 52.6 Å². The molecule has 5 nitrogen and oxygen atoms in total. The Labute approximate surface area is 171 Å². The van der Waals surface area contributed by atoms with Crippen molar-refractivity contribution in [3.05, 3.63) is 58.7 Å². The highest BCUT2D eigenvalue weighted by Gasteiger charge is 2.06. The molecule has 0 atom stereocenters. The Bertz CT molecular complexity index is 691. The zero-order chi connectivity index (χ0) is 17.4. The number of rotatable bonds is 6. The van der Waals surface area contributed by atoms with Crippen LogP contribution in [0.5, 0.6) is 0 Å². The van der Waals surface area contributed by atoms with Crippen LogP contribution in [0.4, 0.5) is 5.82 Å². The first-order valence-corrected chi connectivity index (χ1v) is 8.35. The summed E-state index contributed by atoms with van der Waals surface area (Å²) < 4.78 is 0. The summed E-state index contributed by atoms with van der Waals surface area (Å²) in [5.74, 6) is 1.72. The summed E-state index contributed by atoms with van der Waals surface area (Å²) in [6.45, 7) is 4.08. The fourth-order valence-corrected chi connectivity index (χ4v) is 2.51. The van der Waals surface area contributed by atoms with Gasteiger partial charge >= 0.3 is 0 Å². The first kappa shape index (κ1) is 21.5. The maximum absolute atomic E-state index is 6.02. The summed E-state index contributed by atoms with van der Waals surface area (Å²) in [7, 11) is 3.98. The minimum Gasteiger partial charge on any atom is -0.362 e. The molecule has 0 aliphatic heterocycles. The largest absolute Gasteiger partial charge is 0.362 e. The normalized spacial score (nSPS) is 10.8. The van der Waals surface area contributed by atoms with E-state index >= 15 is 0 Å². The molecule has 136 valence electrons. The van der Waals surface area contributed by atoms with E-state index in [0.717, 1.165) is 34.5 Å². The van der Waals surface area contributed by atoms with Gasteiger partial charge in [0.25, 0.3) is 0 Å². The van der Waals surface area contributed by atoms with Crippen LogP contribution in [-0.4, -0.2) is 31.6 Å². The second-order valence-corrected chi connectivity index (χ2v) is 6.00. The van der Waals surface area contributed by atoms with Crippen LogP contribution in [0.1, 0.15) is 18.1 Å². The maximum atomic E-state index is 6.02. The van der Waals surface area contributed by atoms with Crippen LogP contribution in [0.25, 0.3) is 0 Å². The molecule has 2 aromatic rings. The molecule has 0 fully saturated rings. The van der Waals surface area contributed by atoms with E-state index in [0.29, 0.717) is 13.1 Å². The van der Waals surface area contributed by atoms with E-state index in [1.165, 1.54) is 0 Å². The smallest absolute Gasteiger partial charge is 0.191 e. The summed E-state index contributed by atoms with van der Waals surface area (Å²) in [5, 5.41) is 7.34. The summed E-state index contributed by atoms with van der Waals surface area (Å²) in [4.78, 5) is 11.0. The van der Waals surface area contributed by atoms with E-state index in [4.69, 9.17) is 11.6 Å². The van der Waals surface area contributed by atoms with E-state index in [2.05, 4.69) is 26.7 Å². The number of nitrogens with zero attached hydrogens (tertiary/aromatic N) is 3. The van der Waals surface area contributed by atoms with Crippen molar-refractivity contribution in [3.8, 4) is 0 Å². The fourth-order valence-electron chi connectivity index (χ4n) is 2.30. The number of nitrogens with one attached hydrogen (secondary N) is 2. The molecule has 0 saturated heterocycles. The van der Waals surface area contributed by atoms with Crippen LogP contribution in [-0.2, 0) is 13.1 Å². The minimum absolute atomic E-state index is 0. The van der Waals surface area contributed by atoms with Crippen molar-refractivity contribution in [1.82, 2.24) is 15.6 Å². The van der Waals surface area contributed by atoms with Crippen LogP contribution in [0.15, 0.2) is 47.6 Å². The molecule has 0 saturated carbocycles. The first-order chi connectivity index (χ1) is 11.6. The number of aliphatic imine (C=N–C) groups is 1. The number of anilines is 1. The molecule has 0 aliphatic carbocycles. The van der Waals surface area contributed by atoms with Gasteiger partial charge in [-0.15, -0.1) is 24.0 Å². The van der Waals surface area contributed by atoms with Crippen molar-refractivity contribution in [2.45, 2.75) is 20.0 Å². The highest BCUT2D eigenvalue weighted by molar-refractivity contribution is 14.0. The predicted molar refractivity (Wildman–Crippen MR) is 117 cm³/mol. The van der Waals surface area contributed by atoms with Gasteiger partial charge in [0.2, 0.25) is 0 Å². The Balaban J connectivity index is 0.00000312. The molecule has 0 bridgehead atoms. The average Bonchev–Trinajstić information content (AvgIpc) is 2.57. The van der Waals surface area contributed by atoms with Crippen LogP contribution in [0, 0.1) is 0 Å². The molecule has 0 amide bonds. The van der Waals surface area contributed by atoms with Crippen LogP contribution in [0.2, 0.25) is 5.02 Å². The lowest BCUT2D eigenvalue weighted by molar-refractivity contribution is 0.810. The van der Waals surface area contributed by atoms with Gasteiger partial charge in [0, 0.05) is 44.0 Å². The second kappa shape index (κ2) is 11.1. The summed E-state index contributed by atoms with van der Waals surface area (Å²) in [5.41, 5.74) is 2.20. The number of halogens is 2. The van der Waals surface area contributed by atoms with Gasteiger partial charge in [0.1, 0.15) is 5.82 Å². The van der Waals surface area contributed by atoms with Gasteiger partial charge in [0.05, 0.1) is 6.54 Å². The van der Waals surface area contributed by atoms with E-state index in [-0.39, 0.29) is 24.0 Å². The molecule has 2 N–H and O–H groups in total. The van der Waals surface area contributed by atoms with Gasteiger partial charge < -0.3 is 15.5 Å². The van der Waals surface area contributed by atoms with E-state index in [1.54, 1.807) is 6.20 Å². The minimum atomic E-state index is 0. The number of benzene rings is 1. The molecule has 0 unspecified atom stereocenters. The Morgan fingerprint density at radius 2 is 2.00 bits per heavy atom. The third-order valence-electron chi connectivity index (χ3n) is 3.39. The quantitative estimate of drug-likeness (QED) is 0.382. The molecule has 0 spiro atoms. The Morgan fingerprint density at radius 3 is 2.68 bits per heavy atom. The molecule has 25 heavy (non-hydrogen) atoms. The van der Waals surface area contributed by atoms with Gasteiger partial charge in [-0.2, -0.15) is 0 Å². The van der Waals surface area contributed by atoms with Gasteiger partial charge in [-0.3, -0.25) is 0 Å². The van der Waals surface area contributed by atoms with E-state index in [9.17, 15) is 0 Å². The van der Waals surface area contributed by atoms with Crippen LogP contribution >= 0.6 is 35.6 Å². The van der Waals surface area contributed by atoms with Crippen molar-refractivity contribution in [3.63, 3.8) is 0 Å². The lowest BCUT2D eigenvalue weighted by Crippen LogP contribution is -2.37. The molecular formula is C18H25ClIN5. The Kier molecular flexibility index (Phi) is 9.59. The molecule has 0 aliphatic rings. The number of aromatic nitrogens is 1. The number of hydrogen-bond acceptors (Lipinski definition) is 3. The molecular weight excluding hydrogens is 449 g/mol. The fraction of sp³-hybridized carbons (Fsp3) is 0.333. The molecule has 7 heteroatoms. The standard InChI is InChI=1S/C18H24ClN5.HI/c1-4-20-18(22-12-14-7-5-9-16(19)11-14)23-13-15-8-6-10-21-17(15)24(2)3;/h5-11H,4,12-13H2,1-3H3,(H2,20,22,23);1H. The predicted octanol–water partition coefficient (Wildman–Crippen LogP) is 3.67. The van der Waals surface area contributed by atoms with E-state index in [1.807, 2.05) is 56.3 Å². The van der Waals surface area contributed by atoms with E-state index < -0.39 is 0 Å². The van der Waals surface area contributed by atoms with Crippen molar-refractivity contribution < 1.29 is 0 Å². The van der Waals surface area contributed by atoms with Crippen molar-refractivity contribution in [2.24, 2.45) is 4.99 Å². The Hall–Kier alpha value is -1.54. The third kappa shape index (κ3) is 7.07. The molecule has 0 radical (unpaired) electrons. The highest BCUT2D eigenvalue weighted by Crippen LogP contribution is 2.14. The lowest BCUT2D eigenvalue weighted by atomic mass is 10.2. The van der Waals surface area contributed by atoms with Crippen LogP contribution in [0.3, 0.4) is 0 Å². The maximum Gasteiger partial charge on any atom is 0.191 e. The molecule has 1 aromatic heterocycles. The van der Waals surface area contributed by atoms with Crippen molar-refractivity contribution >= 4 is 47.4 Å². The third-order valence-corrected chi connectivity index (χ3v) is 3.63. The number of hydrogen-bond donors (Lipinski definition) is 2. The van der Waals surface area contributed by atoms with Gasteiger partial charge in [-0.25, -0.2) is 9.98 Å². The molecule has 1 heterocycles. The first-order valence-electron chi connectivity index (χ1n) is 7.98. The Morgan fingerprint density at radius 1 is 1.20 bits per heavy atom. The van der Waals surface area contributed by atoms with Gasteiger partial charge in [-0.05, 0) is 30.7 Å². The zero-order valence-electron chi connectivity index (χ0n) is 14.8. The second-order valence-electron chi connectivity index (χ2n) is 5.56. The van der Waals surface area contributed by atoms with Gasteiger partial charge in [-0.1, -0.05) is 29.8 Å². The van der Waals surface area contributed by atoms with Gasteiger partial charge in [0.15, 0.2) is 5.96 Å². The zero-order valence-corrected chi connectivity index (χ0v) is 17.9. The average molecular weight is 474 g/mol. The molecule has 2 rings (SSSR count). The number of guanidine groups is 1. The lowest BCUT2D eigenvalue weighted by Gasteiger charge is -2.17. The monoisotopic (exact) mass is 473 g/mol. The van der Waals surface area contributed by atoms with Crippen molar-refractivity contribution in [1.29, 1.82) is 0 Å². The van der Waals surface area contributed by atoms with Crippen molar-refractivity contribution in [2.75, 3.05) is 25.5 Å². The highest BCUT2D eigenvalue weighted by atomic mass is 127. The van der Waals surface area contributed by atoms with Crippen LogP contribution < -0.4 is 15.5 Å².